The summed E-state index contributed by atoms with van der Waals surface area (Å²) in [5.41, 5.74) is 1.09. The first-order valence-electron chi connectivity index (χ1n) is 7.81. The lowest BCUT2D eigenvalue weighted by Gasteiger charge is -2.18. The summed E-state index contributed by atoms with van der Waals surface area (Å²) >= 11 is 0. The molecule has 0 radical (unpaired) electrons. The van der Waals surface area contributed by atoms with Gasteiger partial charge in [-0.1, -0.05) is 41.0 Å². The summed E-state index contributed by atoms with van der Waals surface area (Å²) in [5.74, 6) is 2.54. The van der Waals surface area contributed by atoms with Crippen molar-refractivity contribution in [2.24, 2.45) is 5.92 Å². The molecule has 1 aromatic heterocycles. The molecule has 1 heterocycles. The van der Waals surface area contributed by atoms with Gasteiger partial charge in [-0.05, 0) is 24.7 Å². The molecule has 0 saturated heterocycles. The second kappa shape index (κ2) is 8.77. The summed E-state index contributed by atoms with van der Waals surface area (Å²) < 4.78 is 5.94. The lowest BCUT2D eigenvalue weighted by atomic mass is 10.0. The zero-order valence-electron chi connectivity index (χ0n) is 13.6. The molecule has 1 N–H and O–H groups in total. The van der Waals surface area contributed by atoms with Crippen molar-refractivity contribution in [3.05, 3.63) is 11.9 Å². The quantitative estimate of drug-likeness (QED) is 0.734. The highest BCUT2D eigenvalue weighted by Crippen LogP contribution is 2.30. The lowest BCUT2D eigenvalue weighted by molar-refractivity contribution is 0.240. The molecular weight excluding hydrogens is 250 g/mol. The van der Waals surface area contributed by atoms with E-state index < -0.39 is 0 Å². The molecular formula is C16H29N3O. The van der Waals surface area contributed by atoms with E-state index in [0.717, 1.165) is 36.8 Å². The Bertz CT molecular complexity index is 393. The second-order valence-electron chi connectivity index (χ2n) is 5.73. The number of hydrogen-bond acceptors (Lipinski definition) is 4. The molecule has 1 unspecified atom stereocenters. The predicted octanol–water partition coefficient (Wildman–Crippen LogP) is 4.24. The number of nitrogens with zero attached hydrogens (tertiary/aromatic N) is 2. The molecule has 1 rings (SSSR count). The average Bonchev–Trinajstić information content (AvgIpc) is 2.42. The van der Waals surface area contributed by atoms with Crippen LogP contribution < -0.4 is 10.1 Å². The standard InChI is InChI=1S/C16H29N3O/c1-6-8-13(5)10-20-16-14(12(3)4)15(17-9-7-2)18-11-19-16/h11-13H,6-10H2,1-5H3,(H,17,18,19). The summed E-state index contributed by atoms with van der Waals surface area (Å²) in [7, 11) is 0. The third-order valence-corrected chi connectivity index (χ3v) is 3.25. The van der Waals surface area contributed by atoms with Crippen LogP contribution in [0.15, 0.2) is 6.33 Å². The zero-order chi connectivity index (χ0) is 15.0. The molecule has 0 bridgehead atoms. The van der Waals surface area contributed by atoms with Gasteiger partial charge >= 0.3 is 0 Å². The maximum Gasteiger partial charge on any atom is 0.222 e. The van der Waals surface area contributed by atoms with Crippen LogP contribution in [0, 0.1) is 5.92 Å². The van der Waals surface area contributed by atoms with E-state index in [1.54, 1.807) is 6.33 Å². The van der Waals surface area contributed by atoms with E-state index in [-0.39, 0.29) is 0 Å². The Morgan fingerprint density at radius 2 is 1.90 bits per heavy atom. The van der Waals surface area contributed by atoms with E-state index in [2.05, 4.69) is 49.9 Å². The maximum atomic E-state index is 5.94. The van der Waals surface area contributed by atoms with Crippen molar-refractivity contribution >= 4 is 5.82 Å². The predicted molar refractivity (Wildman–Crippen MR) is 84.5 cm³/mol. The van der Waals surface area contributed by atoms with E-state index in [9.17, 15) is 0 Å². The van der Waals surface area contributed by atoms with Crippen LogP contribution in [0.25, 0.3) is 0 Å². The maximum absolute atomic E-state index is 5.94. The largest absolute Gasteiger partial charge is 0.477 e. The molecule has 4 heteroatoms. The number of anilines is 1. The first kappa shape index (κ1) is 16.7. The van der Waals surface area contributed by atoms with Gasteiger partial charge in [0, 0.05) is 6.54 Å². The minimum absolute atomic E-state index is 0.340. The number of nitrogens with one attached hydrogen (secondary N) is 1. The van der Waals surface area contributed by atoms with Crippen LogP contribution in [0.3, 0.4) is 0 Å². The van der Waals surface area contributed by atoms with Crippen molar-refractivity contribution in [3.8, 4) is 5.88 Å². The Morgan fingerprint density at radius 3 is 2.50 bits per heavy atom. The van der Waals surface area contributed by atoms with Crippen molar-refractivity contribution < 1.29 is 4.74 Å². The third kappa shape index (κ3) is 4.99. The smallest absolute Gasteiger partial charge is 0.222 e. The normalized spacial score (nSPS) is 12.5. The molecule has 0 amide bonds. The van der Waals surface area contributed by atoms with Gasteiger partial charge in [-0.2, -0.15) is 0 Å². The van der Waals surface area contributed by atoms with Crippen molar-refractivity contribution in [2.45, 2.75) is 59.8 Å². The summed E-state index contributed by atoms with van der Waals surface area (Å²) in [6.07, 6.45) is 5.03. The topological polar surface area (TPSA) is 47.0 Å². The molecule has 0 aliphatic heterocycles. The highest BCUT2D eigenvalue weighted by molar-refractivity contribution is 5.50. The van der Waals surface area contributed by atoms with Crippen molar-refractivity contribution in [1.29, 1.82) is 0 Å². The van der Waals surface area contributed by atoms with E-state index in [4.69, 9.17) is 4.74 Å². The average molecular weight is 279 g/mol. The van der Waals surface area contributed by atoms with Gasteiger partial charge in [0.05, 0.1) is 12.2 Å². The molecule has 20 heavy (non-hydrogen) atoms. The van der Waals surface area contributed by atoms with Crippen LogP contribution in [-0.4, -0.2) is 23.1 Å². The van der Waals surface area contributed by atoms with Gasteiger partial charge in [0.2, 0.25) is 5.88 Å². The first-order valence-corrected chi connectivity index (χ1v) is 7.81. The van der Waals surface area contributed by atoms with Crippen molar-refractivity contribution in [2.75, 3.05) is 18.5 Å². The van der Waals surface area contributed by atoms with Gasteiger partial charge in [-0.15, -0.1) is 0 Å². The number of hydrogen-bond donors (Lipinski definition) is 1. The van der Waals surface area contributed by atoms with Crippen LogP contribution in [0.1, 0.15) is 65.4 Å². The van der Waals surface area contributed by atoms with E-state index in [1.807, 2.05) is 0 Å². The van der Waals surface area contributed by atoms with E-state index in [0.29, 0.717) is 11.8 Å². The fourth-order valence-electron chi connectivity index (χ4n) is 2.20. The zero-order valence-corrected chi connectivity index (χ0v) is 13.6. The van der Waals surface area contributed by atoms with Gasteiger partial charge in [-0.25, -0.2) is 9.97 Å². The van der Waals surface area contributed by atoms with Crippen LogP contribution >= 0.6 is 0 Å². The lowest BCUT2D eigenvalue weighted by Crippen LogP contribution is -2.13. The highest BCUT2D eigenvalue weighted by Gasteiger charge is 2.16. The second-order valence-corrected chi connectivity index (χ2v) is 5.73. The van der Waals surface area contributed by atoms with Crippen molar-refractivity contribution in [3.63, 3.8) is 0 Å². The number of ether oxygens (including phenoxy) is 1. The summed E-state index contributed by atoms with van der Waals surface area (Å²) in [4.78, 5) is 8.69. The van der Waals surface area contributed by atoms with Crippen LogP contribution in [-0.2, 0) is 0 Å². The molecule has 0 aliphatic carbocycles. The Hall–Kier alpha value is -1.32. The van der Waals surface area contributed by atoms with Gasteiger partial charge in [-0.3, -0.25) is 0 Å². The highest BCUT2D eigenvalue weighted by atomic mass is 16.5. The van der Waals surface area contributed by atoms with Crippen LogP contribution in [0.4, 0.5) is 5.82 Å². The summed E-state index contributed by atoms with van der Waals surface area (Å²) in [6.45, 7) is 12.5. The number of rotatable bonds is 9. The molecule has 114 valence electrons. The third-order valence-electron chi connectivity index (χ3n) is 3.25. The minimum atomic E-state index is 0.340. The molecule has 1 atom stereocenters. The minimum Gasteiger partial charge on any atom is -0.477 e. The molecule has 0 aromatic carbocycles. The SMILES string of the molecule is CCCNc1ncnc(OCC(C)CCC)c1C(C)C. The van der Waals surface area contributed by atoms with Crippen molar-refractivity contribution in [1.82, 2.24) is 9.97 Å². The van der Waals surface area contributed by atoms with E-state index in [1.165, 1.54) is 12.8 Å². The Kier molecular flexibility index (Phi) is 7.34. The monoisotopic (exact) mass is 279 g/mol. The molecule has 4 nitrogen and oxygen atoms in total. The van der Waals surface area contributed by atoms with E-state index >= 15 is 0 Å². The number of aromatic nitrogens is 2. The first-order chi connectivity index (χ1) is 9.60. The Morgan fingerprint density at radius 1 is 1.15 bits per heavy atom. The van der Waals surface area contributed by atoms with Crippen LogP contribution in [0.2, 0.25) is 0 Å². The van der Waals surface area contributed by atoms with Gasteiger partial charge in [0.25, 0.3) is 0 Å². The molecule has 1 aromatic rings. The molecule has 0 saturated carbocycles. The summed E-state index contributed by atoms with van der Waals surface area (Å²) in [5, 5.41) is 3.37. The molecule has 0 spiro atoms. The van der Waals surface area contributed by atoms with Gasteiger partial charge in [0.15, 0.2) is 0 Å². The molecule has 0 fully saturated rings. The Balaban J connectivity index is 2.83. The Labute approximate surface area is 123 Å². The van der Waals surface area contributed by atoms with Gasteiger partial charge < -0.3 is 10.1 Å². The summed E-state index contributed by atoms with van der Waals surface area (Å²) in [6, 6.07) is 0. The molecule has 0 aliphatic rings. The fourth-order valence-corrected chi connectivity index (χ4v) is 2.20. The van der Waals surface area contributed by atoms with Crippen LogP contribution in [0.5, 0.6) is 5.88 Å². The fraction of sp³-hybridized carbons (Fsp3) is 0.750. The van der Waals surface area contributed by atoms with Gasteiger partial charge in [0.1, 0.15) is 12.1 Å².